The number of hydrogen-bond acceptors (Lipinski definition) is 2. The standard InChI is InChI=1S/C14H22N2/c1-10(2)11-4-6-12(7-5-11)13-8-16-9-14(13,3)15/h4-7,10,13,16H,8-9,15H2,1-3H3/t13-,14+/m0/s1. The van der Waals surface area contributed by atoms with E-state index in [1.807, 2.05) is 0 Å². The highest BCUT2D eigenvalue weighted by Crippen LogP contribution is 2.30. The van der Waals surface area contributed by atoms with Gasteiger partial charge in [-0.2, -0.15) is 0 Å². The Kier molecular flexibility index (Phi) is 3.04. The second-order valence-corrected chi connectivity index (χ2v) is 5.51. The molecule has 2 atom stereocenters. The van der Waals surface area contributed by atoms with Gasteiger partial charge >= 0.3 is 0 Å². The Hall–Kier alpha value is -0.860. The molecule has 1 aromatic carbocycles. The fourth-order valence-electron chi connectivity index (χ4n) is 2.45. The van der Waals surface area contributed by atoms with Crippen LogP contribution in [0.4, 0.5) is 0 Å². The third-order valence-electron chi connectivity index (χ3n) is 3.66. The summed E-state index contributed by atoms with van der Waals surface area (Å²) in [4.78, 5) is 0. The van der Waals surface area contributed by atoms with Crippen LogP contribution in [0.5, 0.6) is 0 Å². The van der Waals surface area contributed by atoms with Crippen molar-refractivity contribution in [3.8, 4) is 0 Å². The molecule has 2 nitrogen and oxygen atoms in total. The first-order chi connectivity index (χ1) is 7.50. The molecular formula is C14H22N2. The minimum atomic E-state index is -0.112. The lowest BCUT2D eigenvalue weighted by Gasteiger charge is -2.26. The van der Waals surface area contributed by atoms with Crippen LogP contribution >= 0.6 is 0 Å². The van der Waals surface area contributed by atoms with Gasteiger partial charge in [-0.3, -0.25) is 0 Å². The zero-order valence-corrected chi connectivity index (χ0v) is 10.5. The number of nitrogens with two attached hydrogens (primary N) is 1. The SMILES string of the molecule is CC(C)c1ccc([C@@H]2CNC[C@@]2(C)N)cc1. The van der Waals surface area contributed by atoms with E-state index in [0.29, 0.717) is 11.8 Å². The smallest absolute Gasteiger partial charge is 0.0333 e. The van der Waals surface area contributed by atoms with Gasteiger partial charge in [-0.1, -0.05) is 38.1 Å². The Morgan fingerprint density at radius 1 is 1.31 bits per heavy atom. The average molecular weight is 218 g/mol. The summed E-state index contributed by atoms with van der Waals surface area (Å²) in [5.41, 5.74) is 8.93. The molecule has 0 saturated carbocycles. The summed E-state index contributed by atoms with van der Waals surface area (Å²) in [7, 11) is 0. The summed E-state index contributed by atoms with van der Waals surface area (Å²) in [6.45, 7) is 8.48. The van der Waals surface area contributed by atoms with E-state index in [-0.39, 0.29) is 5.54 Å². The second-order valence-electron chi connectivity index (χ2n) is 5.51. The lowest BCUT2D eigenvalue weighted by atomic mass is 9.84. The molecule has 1 fully saturated rings. The van der Waals surface area contributed by atoms with Crippen LogP contribution in [0.2, 0.25) is 0 Å². The highest BCUT2D eigenvalue weighted by molar-refractivity contribution is 5.30. The van der Waals surface area contributed by atoms with E-state index in [9.17, 15) is 0 Å². The van der Waals surface area contributed by atoms with Gasteiger partial charge in [-0.15, -0.1) is 0 Å². The van der Waals surface area contributed by atoms with Crippen LogP contribution < -0.4 is 11.1 Å². The summed E-state index contributed by atoms with van der Waals surface area (Å²) < 4.78 is 0. The third kappa shape index (κ3) is 2.13. The molecule has 0 bridgehead atoms. The number of nitrogens with one attached hydrogen (secondary N) is 1. The Morgan fingerprint density at radius 2 is 1.94 bits per heavy atom. The maximum absolute atomic E-state index is 6.29. The van der Waals surface area contributed by atoms with Crippen molar-refractivity contribution in [1.82, 2.24) is 5.32 Å². The van der Waals surface area contributed by atoms with Crippen molar-refractivity contribution in [2.75, 3.05) is 13.1 Å². The molecule has 0 radical (unpaired) electrons. The van der Waals surface area contributed by atoms with E-state index in [1.54, 1.807) is 0 Å². The van der Waals surface area contributed by atoms with Crippen molar-refractivity contribution in [1.29, 1.82) is 0 Å². The molecule has 3 N–H and O–H groups in total. The van der Waals surface area contributed by atoms with Crippen molar-refractivity contribution in [3.63, 3.8) is 0 Å². The lowest BCUT2D eigenvalue weighted by molar-refractivity contribution is 0.462. The molecule has 1 aromatic rings. The van der Waals surface area contributed by atoms with Crippen LogP contribution in [0.3, 0.4) is 0 Å². The van der Waals surface area contributed by atoms with Gasteiger partial charge in [-0.25, -0.2) is 0 Å². The topological polar surface area (TPSA) is 38.0 Å². The molecule has 2 rings (SSSR count). The Bertz CT molecular complexity index is 352. The van der Waals surface area contributed by atoms with Gasteiger partial charge in [-0.05, 0) is 24.0 Å². The summed E-state index contributed by atoms with van der Waals surface area (Å²) in [5.74, 6) is 1.04. The van der Waals surface area contributed by atoms with Gasteiger partial charge in [0.1, 0.15) is 0 Å². The molecule has 2 heteroatoms. The van der Waals surface area contributed by atoms with Gasteiger partial charge in [0.2, 0.25) is 0 Å². The van der Waals surface area contributed by atoms with E-state index in [0.717, 1.165) is 13.1 Å². The summed E-state index contributed by atoms with van der Waals surface area (Å²) >= 11 is 0. The number of hydrogen-bond donors (Lipinski definition) is 2. The van der Waals surface area contributed by atoms with Gasteiger partial charge in [0.05, 0.1) is 0 Å². The maximum Gasteiger partial charge on any atom is 0.0333 e. The molecule has 0 aromatic heterocycles. The van der Waals surface area contributed by atoms with Crippen LogP contribution in [0.1, 0.15) is 43.7 Å². The number of benzene rings is 1. The van der Waals surface area contributed by atoms with Crippen molar-refractivity contribution in [2.24, 2.45) is 5.73 Å². The molecule has 1 heterocycles. The zero-order chi connectivity index (χ0) is 11.8. The van der Waals surface area contributed by atoms with Gasteiger partial charge < -0.3 is 11.1 Å². The molecule has 0 unspecified atom stereocenters. The average Bonchev–Trinajstić information content (AvgIpc) is 2.58. The summed E-state index contributed by atoms with van der Waals surface area (Å²) in [6, 6.07) is 8.93. The van der Waals surface area contributed by atoms with Gasteiger partial charge in [0.25, 0.3) is 0 Å². The van der Waals surface area contributed by atoms with E-state index < -0.39 is 0 Å². The monoisotopic (exact) mass is 218 g/mol. The van der Waals surface area contributed by atoms with Crippen LogP contribution in [0, 0.1) is 0 Å². The third-order valence-corrected chi connectivity index (χ3v) is 3.66. The second kappa shape index (κ2) is 4.19. The van der Waals surface area contributed by atoms with Crippen LogP contribution in [0.25, 0.3) is 0 Å². The molecule has 1 aliphatic heterocycles. The minimum absolute atomic E-state index is 0.112. The van der Waals surface area contributed by atoms with E-state index in [1.165, 1.54) is 11.1 Å². The van der Waals surface area contributed by atoms with E-state index >= 15 is 0 Å². The predicted molar refractivity (Wildman–Crippen MR) is 68.7 cm³/mol. The normalized spacial score (nSPS) is 29.9. The lowest BCUT2D eigenvalue weighted by Crippen LogP contribution is -2.42. The Labute approximate surface area is 98.2 Å². The molecule has 0 spiro atoms. The van der Waals surface area contributed by atoms with Crippen molar-refractivity contribution in [3.05, 3.63) is 35.4 Å². The molecule has 0 amide bonds. The minimum Gasteiger partial charge on any atom is -0.324 e. The first kappa shape index (κ1) is 11.6. The van der Waals surface area contributed by atoms with Crippen molar-refractivity contribution >= 4 is 0 Å². The molecule has 0 aliphatic carbocycles. The van der Waals surface area contributed by atoms with Crippen LogP contribution in [0.15, 0.2) is 24.3 Å². The molecule has 1 aliphatic rings. The molecular weight excluding hydrogens is 196 g/mol. The Balaban J connectivity index is 2.22. The predicted octanol–water partition coefficient (Wildman–Crippen LogP) is 2.21. The van der Waals surface area contributed by atoms with Crippen molar-refractivity contribution < 1.29 is 0 Å². The fraction of sp³-hybridized carbons (Fsp3) is 0.571. The van der Waals surface area contributed by atoms with Gasteiger partial charge in [0, 0.05) is 24.5 Å². The van der Waals surface area contributed by atoms with Crippen LogP contribution in [-0.2, 0) is 0 Å². The summed E-state index contributed by atoms with van der Waals surface area (Å²) in [6.07, 6.45) is 0. The fourth-order valence-corrected chi connectivity index (χ4v) is 2.45. The molecule has 88 valence electrons. The highest BCUT2D eigenvalue weighted by atomic mass is 15.0. The molecule has 16 heavy (non-hydrogen) atoms. The zero-order valence-electron chi connectivity index (χ0n) is 10.5. The van der Waals surface area contributed by atoms with Crippen LogP contribution in [-0.4, -0.2) is 18.6 Å². The van der Waals surface area contributed by atoms with Crippen molar-refractivity contribution in [2.45, 2.75) is 38.1 Å². The maximum atomic E-state index is 6.29. The summed E-state index contributed by atoms with van der Waals surface area (Å²) in [5, 5.41) is 3.37. The van der Waals surface area contributed by atoms with E-state index in [2.05, 4.69) is 50.4 Å². The highest BCUT2D eigenvalue weighted by Gasteiger charge is 2.35. The largest absolute Gasteiger partial charge is 0.324 e. The number of rotatable bonds is 2. The quantitative estimate of drug-likeness (QED) is 0.798. The first-order valence-electron chi connectivity index (χ1n) is 6.10. The Morgan fingerprint density at radius 3 is 2.38 bits per heavy atom. The first-order valence-corrected chi connectivity index (χ1v) is 6.10. The molecule has 1 saturated heterocycles. The van der Waals surface area contributed by atoms with E-state index in [4.69, 9.17) is 5.73 Å². The van der Waals surface area contributed by atoms with Gasteiger partial charge in [0.15, 0.2) is 0 Å².